The van der Waals surface area contributed by atoms with Gasteiger partial charge >= 0.3 is 0 Å². The van der Waals surface area contributed by atoms with E-state index in [0.29, 0.717) is 41.8 Å². The fourth-order valence-corrected chi connectivity index (χ4v) is 6.63. The summed E-state index contributed by atoms with van der Waals surface area (Å²) in [5.74, 6) is 1.99. The third-order valence-electron chi connectivity index (χ3n) is 7.99. The summed E-state index contributed by atoms with van der Waals surface area (Å²) in [4.78, 5) is 25.0. The predicted molar refractivity (Wildman–Crippen MR) is 142 cm³/mol. The van der Waals surface area contributed by atoms with Crippen LogP contribution in [-0.2, 0) is 27.4 Å². The van der Waals surface area contributed by atoms with E-state index in [9.17, 15) is 14.1 Å². The number of rotatable bonds is 10. The molecule has 1 aromatic carbocycles. The molecule has 1 unspecified atom stereocenters. The van der Waals surface area contributed by atoms with E-state index in [1.807, 2.05) is 6.07 Å². The zero-order valence-corrected chi connectivity index (χ0v) is 21.9. The molecule has 1 amide bonds. The summed E-state index contributed by atoms with van der Waals surface area (Å²) in [5, 5.41) is 16.5. The van der Waals surface area contributed by atoms with Crippen LogP contribution in [-0.4, -0.2) is 62.7 Å². The minimum atomic E-state index is -1.11. The number of benzene rings is 1. The van der Waals surface area contributed by atoms with Crippen molar-refractivity contribution in [3.63, 3.8) is 0 Å². The van der Waals surface area contributed by atoms with Gasteiger partial charge in [-0.1, -0.05) is 43.7 Å². The smallest absolute Gasteiger partial charge is 0.227 e. The lowest BCUT2D eigenvalue weighted by Crippen LogP contribution is -2.49. The number of nitrogens with zero attached hydrogens (tertiary/aromatic N) is 3. The van der Waals surface area contributed by atoms with Crippen LogP contribution in [0.3, 0.4) is 0 Å². The Morgan fingerprint density at radius 3 is 2.56 bits per heavy atom. The van der Waals surface area contributed by atoms with Crippen LogP contribution in [0.4, 0.5) is 11.8 Å². The van der Waals surface area contributed by atoms with E-state index in [1.165, 1.54) is 5.56 Å². The predicted octanol–water partition coefficient (Wildman–Crippen LogP) is 2.92. The minimum Gasteiger partial charge on any atom is -0.394 e. The zero-order valence-electron chi connectivity index (χ0n) is 21.1. The van der Waals surface area contributed by atoms with Gasteiger partial charge in [0.1, 0.15) is 10.7 Å². The molecule has 3 heterocycles. The first-order valence-corrected chi connectivity index (χ1v) is 14.5. The van der Waals surface area contributed by atoms with Crippen molar-refractivity contribution in [1.82, 2.24) is 15.3 Å². The molecule has 3 aliphatic rings. The maximum absolute atomic E-state index is 12.7. The maximum Gasteiger partial charge on any atom is 0.227 e. The van der Waals surface area contributed by atoms with Crippen molar-refractivity contribution in [2.45, 2.75) is 74.1 Å². The van der Waals surface area contributed by atoms with Crippen molar-refractivity contribution in [1.29, 1.82) is 0 Å². The quantitative estimate of drug-likeness (QED) is 0.450. The fourth-order valence-electron chi connectivity index (χ4n) is 5.32. The van der Waals surface area contributed by atoms with Crippen molar-refractivity contribution in [3.8, 4) is 0 Å². The molecule has 0 spiro atoms. The largest absolute Gasteiger partial charge is 0.394 e. The number of hydrogen-bond donors (Lipinski definition) is 3. The molecular formula is C27H37N5O3S. The standard InChI is InChI=1S/C27H37N5O3S/c1-2-3-9-22(34)28-18-26(20-7-5-4-6-8-20)13-15-32(16-14-26)25-29-21-10-17-36(35)23(21)24(30-25)31-27(19-33)11-12-27/h4-8,33H,2-3,9-19H2,1H3,(H,28,34)(H,29,30,31). The number of carbonyl (C=O) groups excluding carboxylic acids is 1. The van der Waals surface area contributed by atoms with Gasteiger partial charge in [-0.25, -0.2) is 4.98 Å². The number of aliphatic hydroxyl groups is 1. The Bertz CT molecular complexity index is 1110. The molecule has 194 valence electrons. The zero-order chi connectivity index (χ0) is 25.2. The number of piperidine rings is 1. The first-order chi connectivity index (χ1) is 17.5. The Balaban J connectivity index is 1.35. The molecule has 2 aliphatic heterocycles. The average molecular weight is 512 g/mol. The van der Waals surface area contributed by atoms with Crippen molar-refractivity contribution >= 4 is 28.5 Å². The highest BCUT2D eigenvalue weighted by molar-refractivity contribution is 7.85. The first-order valence-electron chi connectivity index (χ1n) is 13.2. The van der Waals surface area contributed by atoms with Crippen molar-refractivity contribution < 1.29 is 14.1 Å². The van der Waals surface area contributed by atoms with Crippen molar-refractivity contribution in [2.75, 3.05) is 42.2 Å². The van der Waals surface area contributed by atoms with Crippen LogP contribution in [0.25, 0.3) is 0 Å². The fraction of sp³-hybridized carbons (Fsp3) is 0.593. The number of fused-ring (bicyclic) bond motifs is 1. The van der Waals surface area contributed by atoms with Crippen LogP contribution in [0.5, 0.6) is 0 Å². The number of aromatic nitrogens is 2. The molecule has 5 rings (SSSR count). The summed E-state index contributed by atoms with van der Waals surface area (Å²) < 4.78 is 12.7. The van der Waals surface area contributed by atoms with E-state index in [1.54, 1.807) is 0 Å². The van der Waals surface area contributed by atoms with E-state index >= 15 is 0 Å². The molecule has 0 radical (unpaired) electrons. The molecule has 36 heavy (non-hydrogen) atoms. The van der Waals surface area contributed by atoms with Gasteiger partial charge in [0.05, 0.1) is 28.6 Å². The second-order valence-electron chi connectivity index (χ2n) is 10.5. The molecule has 1 saturated heterocycles. The summed E-state index contributed by atoms with van der Waals surface area (Å²) in [7, 11) is -1.11. The van der Waals surface area contributed by atoms with Gasteiger partial charge in [-0.05, 0) is 37.7 Å². The van der Waals surface area contributed by atoms with Gasteiger partial charge in [-0.2, -0.15) is 4.98 Å². The molecule has 1 aliphatic carbocycles. The second-order valence-corrected chi connectivity index (χ2v) is 12.0. The summed E-state index contributed by atoms with van der Waals surface area (Å²) in [6.07, 6.45) is 6.70. The molecular weight excluding hydrogens is 474 g/mol. The Kier molecular flexibility index (Phi) is 7.30. The van der Waals surface area contributed by atoms with Gasteiger partial charge < -0.3 is 20.6 Å². The van der Waals surface area contributed by atoms with Gasteiger partial charge in [0, 0.05) is 43.6 Å². The van der Waals surface area contributed by atoms with Crippen LogP contribution in [0, 0.1) is 0 Å². The highest BCUT2D eigenvalue weighted by Crippen LogP contribution is 2.42. The van der Waals surface area contributed by atoms with Gasteiger partial charge in [0.15, 0.2) is 0 Å². The molecule has 0 bridgehead atoms. The monoisotopic (exact) mass is 511 g/mol. The number of hydrogen-bond acceptors (Lipinski definition) is 7. The van der Waals surface area contributed by atoms with E-state index in [-0.39, 0.29) is 23.5 Å². The van der Waals surface area contributed by atoms with Crippen LogP contribution < -0.4 is 15.5 Å². The summed E-state index contributed by atoms with van der Waals surface area (Å²) in [6.45, 7) is 4.31. The number of anilines is 2. The average Bonchev–Trinajstić information content (AvgIpc) is 3.59. The van der Waals surface area contributed by atoms with Crippen LogP contribution >= 0.6 is 0 Å². The Hall–Kier alpha value is -2.52. The number of unbranched alkanes of at least 4 members (excludes halogenated alkanes) is 1. The van der Waals surface area contributed by atoms with E-state index in [0.717, 1.165) is 57.3 Å². The third kappa shape index (κ3) is 5.13. The Morgan fingerprint density at radius 1 is 1.14 bits per heavy atom. The van der Waals surface area contributed by atoms with Crippen LogP contribution in [0.2, 0.25) is 0 Å². The Morgan fingerprint density at radius 2 is 1.89 bits per heavy atom. The topological polar surface area (TPSA) is 107 Å². The second kappa shape index (κ2) is 10.5. The van der Waals surface area contributed by atoms with Crippen molar-refractivity contribution in [2.24, 2.45) is 0 Å². The summed E-state index contributed by atoms with van der Waals surface area (Å²) >= 11 is 0. The van der Waals surface area contributed by atoms with Gasteiger partial charge in [-0.15, -0.1) is 0 Å². The molecule has 9 heteroatoms. The third-order valence-corrected chi connectivity index (χ3v) is 9.45. The number of carbonyl (C=O) groups is 1. The summed E-state index contributed by atoms with van der Waals surface area (Å²) in [5.41, 5.74) is 1.64. The van der Waals surface area contributed by atoms with E-state index in [4.69, 9.17) is 9.97 Å². The number of nitrogens with one attached hydrogen (secondary N) is 2. The molecule has 8 nitrogen and oxygen atoms in total. The lowest BCUT2D eigenvalue weighted by molar-refractivity contribution is -0.121. The number of aryl methyl sites for hydroxylation is 1. The normalized spacial score (nSPS) is 21.6. The SMILES string of the molecule is CCCCC(=O)NCC1(c2ccccc2)CCN(c2nc3c(c(NC4(CO)CC4)n2)S(=O)CC3)CC1. The van der Waals surface area contributed by atoms with Crippen molar-refractivity contribution in [3.05, 3.63) is 41.6 Å². The molecule has 3 N–H and O–H groups in total. The molecule has 2 aromatic rings. The molecule has 1 aromatic heterocycles. The highest BCUT2D eigenvalue weighted by Gasteiger charge is 2.44. The van der Waals surface area contributed by atoms with Crippen LogP contribution in [0.15, 0.2) is 35.2 Å². The van der Waals surface area contributed by atoms with E-state index < -0.39 is 10.8 Å². The van der Waals surface area contributed by atoms with Gasteiger partial charge in [-0.3, -0.25) is 9.00 Å². The molecule has 1 atom stereocenters. The van der Waals surface area contributed by atoms with Gasteiger partial charge in [0.2, 0.25) is 11.9 Å². The maximum atomic E-state index is 12.7. The minimum absolute atomic E-state index is 0.0427. The highest BCUT2D eigenvalue weighted by atomic mass is 32.2. The lowest BCUT2D eigenvalue weighted by Gasteiger charge is -2.42. The molecule has 1 saturated carbocycles. The number of aliphatic hydroxyl groups excluding tert-OH is 1. The first kappa shape index (κ1) is 25.1. The number of amides is 1. The Labute approximate surface area is 215 Å². The summed E-state index contributed by atoms with van der Waals surface area (Å²) in [6, 6.07) is 10.5. The van der Waals surface area contributed by atoms with Gasteiger partial charge in [0.25, 0.3) is 0 Å². The lowest BCUT2D eigenvalue weighted by atomic mass is 9.72. The molecule has 2 fully saturated rings. The van der Waals surface area contributed by atoms with Crippen LogP contribution in [0.1, 0.15) is 63.1 Å². The van der Waals surface area contributed by atoms with E-state index in [2.05, 4.69) is 46.7 Å².